The third-order valence-corrected chi connectivity index (χ3v) is 1.54. The van der Waals surface area contributed by atoms with E-state index in [9.17, 15) is 0 Å². The fraction of sp³-hybridized carbons (Fsp3) is 0.385. The van der Waals surface area contributed by atoms with E-state index in [4.69, 9.17) is 17.3 Å². The van der Waals surface area contributed by atoms with E-state index in [0.717, 1.165) is 10.6 Å². The van der Waals surface area contributed by atoms with Crippen molar-refractivity contribution in [1.29, 1.82) is 0 Å². The molecule has 2 N–H and O–H groups in total. The summed E-state index contributed by atoms with van der Waals surface area (Å²) < 4.78 is 0. The molecule has 84 valence electrons. The topological polar surface area (TPSA) is 26.0 Å². The summed E-state index contributed by atoms with van der Waals surface area (Å²) in [4.78, 5) is 0. The highest BCUT2D eigenvalue weighted by Gasteiger charge is 1.87. The summed E-state index contributed by atoms with van der Waals surface area (Å²) in [5, 5.41) is 0.723. The smallest absolute Gasteiger partial charge is 0.0639 e. The molecule has 0 aliphatic rings. The van der Waals surface area contributed by atoms with Gasteiger partial charge in [0.15, 0.2) is 0 Å². The summed E-state index contributed by atoms with van der Waals surface area (Å²) >= 11 is 5.70. The molecule has 0 bridgehead atoms. The number of hydrogen-bond acceptors (Lipinski definition) is 1. The van der Waals surface area contributed by atoms with Gasteiger partial charge in [-0.05, 0) is 31.2 Å². The third-order valence-electron chi connectivity index (χ3n) is 1.29. The van der Waals surface area contributed by atoms with Gasteiger partial charge in [-0.15, -0.1) is 0 Å². The van der Waals surface area contributed by atoms with Crippen LogP contribution >= 0.6 is 11.6 Å². The normalized spacial score (nSPS) is 9.67. The van der Waals surface area contributed by atoms with Crippen LogP contribution in [-0.2, 0) is 0 Å². The molecule has 1 rings (SSSR count). The minimum Gasteiger partial charge on any atom is -0.318 e. The largest absolute Gasteiger partial charge is 0.318 e. The Balaban J connectivity index is 0. The zero-order valence-corrected chi connectivity index (χ0v) is 9.60. The molecule has 0 spiro atoms. The number of rotatable bonds is 0. The summed E-state index contributed by atoms with van der Waals surface area (Å²) in [7, 11) is 0. The predicted molar refractivity (Wildman–Crippen MR) is 70.1 cm³/mol. The average Bonchev–Trinajstić information content (AvgIpc) is 2.20. The highest BCUT2D eigenvalue weighted by atomic mass is 35.5. The van der Waals surface area contributed by atoms with Gasteiger partial charge in [0.2, 0.25) is 0 Å². The van der Waals surface area contributed by atoms with E-state index in [0.29, 0.717) is 0 Å². The first-order chi connectivity index (χ1) is 6.68. The van der Waals surface area contributed by atoms with E-state index >= 15 is 0 Å². The van der Waals surface area contributed by atoms with E-state index in [1.165, 1.54) is 0 Å². The van der Waals surface area contributed by atoms with Crippen LogP contribution in [0.15, 0.2) is 24.3 Å². The Hall–Kier alpha value is -0.970. The van der Waals surface area contributed by atoms with Gasteiger partial charge < -0.3 is 5.73 Å². The Kier molecular flexibility index (Phi) is 10.5. The molecular formula is C13H20ClN. The Bertz CT molecular complexity index is 304. The highest BCUT2D eigenvalue weighted by molar-refractivity contribution is 6.30. The van der Waals surface area contributed by atoms with Crippen molar-refractivity contribution < 1.29 is 0 Å². The van der Waals surface area contributed by atoms with Crippen molar-refractivity contribution in [3.8, 4) is 11.8 Å². The second kappa shape index (κ2) is 9.58. The fourth-order valence-electron chi connectivity index (χ4n) is 0.730. The van der Waals surface area contributed by atoms with Crippen LogP contribution in [-0.4, -0.2) is 6.04 Å². The van der Waals surface area contributed by atoms with Crippen LogP contribution in [0, 0.1) is 11.8 Å². The molecule has 0 amide bonds. The number of hydrogen-bond donors (Lipinski definition) is 1. The van der Waals surface area contributed by atoms with E-state index in [1.54, 1.807) is 0 Å². The van der Waals surface area contributed by atoms with Gasteiger partial charge in [-0.2, -0.15) is 0 Å². The van der Waals surface area contributed by atoms with Crippen molar-refractivity contribution in [2.24, 2.45) is 5.73 Å². The molecule has 1 nitrogen and oxygen atoms in total. The molecule has 0 heterocycles. The lowest BCUT2D eigenvalue weighted by molar-refractivity contribution is 0.959. The average molecular weight is 226 g/mol. The van der Waals surface area contributed by atoms with Crippen LogP contribution < -0.4 is 5.73 Å². The van der Waals surface area contributed by atoms with E-state index in [1.807, 2.05) is 45.0 Å². The minimum absolute atomic E-state index is 0. The summed E-state index contributed by atoms with van der Waals surface area (Å²) in [5.41, 5.74) is 6.41. The summed E-state index contributed by atoms with van der Waals surface area (Å²) in [6.45, 7) is 5.85. The molecule has 1 aromatic carbocycles. The molecule has 0 aliphatic carbocycles. The first-order valence-corrected chi connectivity index (χ1v) is 5.09. The van der Waals surface area contributed by atoms with E-state index < -0.39 is 0 Å². The molecule has 1 atom stereocenters. The second-order valence-corrected chi connectivity index (χ2v) is 3.00. The number of benzene rings is 1. The Labute approximate surface area is 98.6 Å². The van der Waals surface area contributed by atoms with Crippen LogP contribution in [0.4, 0.5) is 0 Å². The van der Waals surface area contributed by atoms with Crippen LogP contribution in [0.25, 0.3) is 0 Å². The van der Waals surface area contributed by atoms with Gasteiger partial charge in [0.1, 0.15) is 0 Å². The molecule has 0 radical (unpaired) electrons. The van der Waals surface area contributed by atoms with Crippen LogP contribution in [0.1, 0.15) is 33.8 Å². The summed E-state index contributed by atoms with van der Waals surface area (Å²) in [6, 6.07) is 7.29. The molecule has 0 aromatic heterocycles. The van der Waals surface area contributed by atoms with Gasteiger partial charge in [0.05, 0.1) is 6.04 Å². The van der Waals surface area contributed by atoms with Crippen LogP contribution in [0.5, 0.6) is 0 Å². The minimum atomic E-state index is -0.0827. The molecule has 1 unspecified atom stereocenters. The van der Waals surface area contributed by atoms with Crippen molar-refractivity contribution in [1.82, 2.24) is 0 Å². The number of halogens is 1. The predicted octanol–water partition coefficient (Wildman–Crippen LogP) is 3.70. The molecule has 0 aliphatic heterocycles. The number of nitrogens with two attached hydrogens (primary N) is 1. The lowest BCUT2D eigenvalue weighted by atomic mass is 10.2. The van der Waals surface area contributed by atoms with Crippen molar-refractivity contribution >= 4 is 11.6 Å². The third kappa shape index (κ3) is 8.05. The maximum atomic E-state index is 5.70. The van der Waals surface area contributed by atoms with E-state index in [-0.39, 0.29) is 13.5 Å². The molecule has 0 saturated heterocycles. The molecule has 15 heavy (non-hydrogen) atoms. The monoisotopic (exact) mass is 225 g/mol. The maximum absolute atomic E-state index is 5.70. The second-order valence-electron chi connectivity index (χ2n) is 2.56. The molecule has 2 heteroatoms. The summed E-state index contributed by atoms with van der Waals surface area (Å²) in [5.74, 6) is 5.80. The van der Waals surface area contributed by atoms with Gasteiger partial charge in [-0.25, -0.2) is 0 Å². The van der Waals surface area contributed by atoms with Gasteiger partial charge in [-0.1, -0.05) is 44.7 Å². The molecule has 0 fully saturated rings. The van der Waals surface area contributed by atoms with Gasteiger partial charge in [-0.3, -0.25) is 0 Å². The Morgan fingerprint density at radius 3 is 2.07 bits per heavy atom. The fourth-order valence-corrected chi connectivity index (χ4v) is 0.856. The van der Waals surface area contributed by atoms with Crippen molar-refractivity contribution in [2.75, 3.05) is 0 Å². The zero-order chi connectivity index (χ0) is 11.0. The Morgan fingerprint density at radius 2 is 1.67 bits per heavy atom. The highest BCUT2D eigenvalue weighted by Crippen LogP contribution is 2.08. The van der Waals surface area contributed by atoms with Crippen LogP contribution in [0.2, 0.25) is 5.02 Å². The summed E-state index contributed by atoms with van der Waals surface area (Å²) in [6.07, 6.45) is 0. The molecule has 0 saturated carbocycles. The van der Waals surface area contributed by atoms with Gasteiger partial charge in [0, 0.05) is 10.6 Å². The SMILES string of the molecule is C.CC.CC(N)C#Cc1ccc(Cl)cc1. The molecular weight excluding hydrogens is 206 g/mol. The zero-order valence-electron chi connectivity index (χ0n) is 8.84. The van der Waals surface area contributed by atoms with Gasteiger partial charge in [0.25, 0.3) is 0 Å². The lowest BCUT2D eigenvalue weighted by Gasteiger charge is -1.91. The van der Waals surface area contributed by atoms with Crippen LogP contribution in [0.3, 0.4) is 0 Å². The van der Waals surface area contributed by atoms with Crippen molar-refractivity contribution in [3.63, 3.8) is 0 Å². The first-order valence-electron chi connectivity index (χ1n) is 4.71. The Morgan fingerprint density at radius 1 is 1.20 bits per heavy atom. The lowest BCUT2D eigenvalue weighted by Crippen LogP contribution is -2.10. The van der Waals surface area contributed by atoms with Crippen molar-refractivity contribution in [3.05, 3.63) is 34.9 Å². The standard InChI is InChI=1S/C10H10ClN.C2H6.CH4/c1-8(12)2-3-9-4-6-10(11)7-5-9;1-2;/h4-8H,12H2,1H3;1-2H3;1H4. The van der Waals surface area contributed by atoms with E-state index in [2.05, 4.69) is 11.8 Å². The maximum Gasteiger partial charge on any atom is 0.0639 e. The first kappa shape index (κ1) is 16.5. The molecule has 1 aromatic rings. The van der Waals surface area contributed by atoms with Crippen molar-refractivity contribution in [2.45, 2.75) is 34.2 Å². The quantitative estimate of drug-likeness (QED) is 0.670. The van der Waals surface area contributed by atoms with Gasteiger partial charge >= 0.3 is 0 Å².